The van der Waals surface area contributed by atoms with Gasteiger partial charge in [-0.25, -0.2) is 9.69 Å². The predicted molar refractivity (Wildman–Crippen MR) is 212 cm³/mol. The Labute approximate surface area is 299 Å². The molecule has 0 N–H and O–H groups in total. The fourth-order valence-electron chi connectivity index (χ4n) is 9.30. The molecule has 53 heavy (non-hydrogen) atoms. The van der Waals surface area contributed by atoms with E-state index in [9.17, 15) is 10.5 Å². The van der Waals surface area contributed by atoms with Gasteiger partial charge in [0.25, 0.3) is 0 Å². The maximum atomic E-state index is 10.0. The summed E-state index contributed by atoms with van der Waals surface area (Å²) in [5, 5.41) is 30.7. The van der Waals surface area contributed by atoms with E-state index in [0.717, 1.165) is 104 Å². The van der Waals surface area contributed by atoms with Crippen molar-refractivity contribution in [2.24, 2.45) is 0 Å². The lowest BCUT2D eigenvalue weighted by Gasteiger charge is -2.08. The van der Waals surface area contributed by atoms with Crippen LogP contribution in [0.1, 0.15) is 11.1 Å². The number of fused-ring (bicyclic) bond motifs is 17. The Morgan fingerprint density at radius 1 is 0.434 bits per heavy atom. The topological polar surface area (TPSA) is 70.0 Å². The highest BCUT2D eigenvalue weighted by Gasteiger charge is 2.29. The molecular formula is C46H19N7. The molecule has 0 saturated heterocycles. The minimum absolute atomic E-state index is 0.555. The molecule has 12 aromatic rings. The smallest absolute Gasteiger partial charge is 0.189 e. The minimum Gasteiger partial charge on any atom is -0.310 e. The van der Waals surface area contributed by atoms with Gasteiger partial charge in [0.15, 0.2) is 11.4 Å². The summed E-state index contributed by atoms with van der Waals surface area (Å²) >= 11 is 0. The lowest BCUT2D eigenvalue weighted by atomic mass is 9.97. The van der Waals surface area contributed by atoms with Gasteiger partial charge in [0, 0.05) is 70.6 Å². The summed E-state index contributed by atoms with van der Waals surface area (Å²) < 4.78 is 6.85. The van der Waals surface area contributed by atoms with Gasteiger partial charge in [-0.15, -0.1) is 0 Å². The zero-order chi connectivity index (χ0) is 35.3. The Morgan fingerprint density at radius 3 is 1.42 bits per heavy atom. The van der Waals surface area contributed by atoms with Crippen molar-refractivity contribution in [3.8, 4) is 17.8 Å². The number of para-hydroxylation sites is 1. The summed E-state index contributed by atoms with van der Waals surface area (Å²) in [7, 11) is 0. The fraction of sp³-hybridized carbons (Fsp3) is 0. The first-order valence-electron chi connectivity index (χ1n) is 17.1. The zero-order valence-electron chi connectivity index (χ0n) is 27.6. The van der Waals surface area contributed by atoms with Crippen molar-refractivity contribution in [1.82, 2.24) is 13.4 Å². The molecule has 0 radical (unpaired) electrons. The maximum absolute atomic E-state index is 10.0. The van der Waals surface area contributed by atoms with E-state index < -0.39 is 0 Å². The molecule has 7 heteroatoms. The van der Waals surface area contributed by atoms with E-state index in [1.165, 1.54) is 0 Å². The summed E-state index contributed by atoms with van der Waals surface area (Å²) in [5.41, 5.74) is 11.2. The molecule has 238 valence electrons. The maximum Gasteiger partial charge on any atom is 0.189 e. The third-order valence-electron chi connectivity index (χ3n) is 11.3. The molecule has 0 amide bonds. The molecule has 0 aliphatic rings. The Bertz CT molecular complexity index is 3600. The van der Waals surface area contributed by atoms with E-state index in [0.29, 0.717) is 22.5 Å². The van der Waals surface area contributed by atoms with E-state index >= 15 is 0 Å². The molecule has 0 saturated carbocycles. The molecule has 7 aromatic carbocycles. The van der Waals surface area contributed by atoms with Gasteiger partial charge in [0.05, 0.1) is 69.5 Å². The molecule has 5 heterocycles. The molecule has 0 spiro atoms. The fourth-order valence-corrected chi connectivity index (χ4v) is 9.30. The summed E-state index contributed by atoms with van der Waals surface area (Å²) in [6.07, 6.45) is 0. The molecule has 0 aliphatic heterocycles. The van der Waals surface area contributed by atoms with Crippen molar-refractivity contribution in [2.75, 3.05) is 0 Å². The van der Waals surface area contributed by atoms with Crippen LogP contribution in [-0.2, 0) is 0 Å². The third kappa shape index (κ3) is 3.17. The van der Waals surface area contributed by atoms with Crippen molar-refractivity contribution >= 4 is 109 Å². The van der Waals surface area contributed by atoms with Crippen LogP contribution in [0.25, 0.3) is 113 Å². The van der Waals surface area contributed by atoms with E-state index in [4.69, 9.17) is 13.1 Å². The van der Waals surface area contributed by atoms with Gasteiger partial charge in [-0.3, -0.25) is 0 Å². The summed E-state index contributed by atoms with van der Waals surface area (Å²) in [6, 6.07) is 43.3. The number of hydrogen-bond acceptors (Lipinski definition) is 2. The second-order valence-corrected chi connectivity index (χ2v) is 13.7. The van der Waals surface area contributed by atoms with Crippen molar-refractivity contribution in [1.29, 1.82) is 10.5 Å². The molecule has 5 aromatic heterocycles. The highest BCUT2D eigenvalue weighted by atomic mass is 15.0. The summed E-state index contributed by atoms with van der Waals surface area (Å²) in [4.78, 5) is 7.58. The number of aromatic nitrogens is 3. The van der Waals surface area contributed by atoms with Gasteiger partial charge < -0.3 is 13.4 Å². The highest BCUT2D eigenvalue weighted by Crippen LogP contribution is 2.52. The summed E-state index contributed by atoms with van der Waals surface area (Å²) in [5.74, 6) is 0. The molecule has 12 rings (SSSR count). The van der Waals surface area contributed by atoms with Crippen LogP contribution in [0.4, 0.5) is 11.4 Å². The van der Waals surface area contributed by atoms with Crippen LogP contribution in [0.15, 0.2) is 115 Å². The predicted octanol–water partition coefficient (Wildman–Crippen LogP) is 11.9. The van der Waals surface area contributed by atoms with Crippen molar-refractivity contribution < 1.29 is 0 Å². The normalized spacial score (nSPS) is 12.1. The first-order chi connectivity index (χ1) is 26.1. The molecule has 0 unspecified atom stereocenters. The number of benzene rings is 7. The van der Waals surface area contributed by atoms with Crippen LogP contribution in [0.2, 0.25) is 0 Å². The summed E-state index contributed by atoms with van der Waals surface area (Å²) in [6.45, 7) is 15.7. The van der Waals surface area contributed by atoms with Crippen LogP contribution in [0.3, 0.4) is 0 Å². The van der Waals surface area contributed by atoms with Crippen LogP contribution in [0, 0.1) is 35.8 Å². The quantitative estimate of drug-likeness (QED) is 0.163. The van der Waals surface area contributed by atoms with Crippen LogP contribution >= 0.6 is 0 Å². The van der Waals surface area contributed by atoms with Crippen LogP contribution in [-0.4, -0.2) is 13.4 Å². The van der Waals surface area contributed by atoms with Gasteiger partial charge in [-0.05, 0) is 60.7 Å². The Kier molecular flexibility index (Phi) is 4.89. The van der Waals surface area contributed by atoms with Crippen molar-refractivity contribution in [3.63, 3.8) is 0 Å². The molecule has 0 fully saturated rings. The van der Waals surface area contributed by atoms with Gasteiger partial charge in [-0.2, -0.15) is 10.5 Å². The second-order valence-electron chi connectivity index (χ2n) is 13.7. The number of rotatable bonds is 1. The van der Waals surface area contributed by atoms with Gasteiger partial charge in [-0.1, -0.05) is 54.6 Å². The van der Waals surface area contributed by atoms with Crippen molar-refractivity contribution in [3.05, 3.63) is 149 Å². The third-order valence-corrected chi connectivity index (χ3v) is 11.3. The lowest BCUT2D eigenvalue weighted by molar-refractivity contribution is 1.18. The van der Waals surface area contributed by atoms with Gasteiger partial charge >= 0.3 is 0 Å². The number of nitrogens with zero attached hydrogens (tertiary/aromatic N) is 7. The van der Waals surface area contributed by atoms with E-state index in [2.05, 4.69) is 89.8 Å². The van der Waals surface area contributed by atoms with Gasteiger partial charge in [0.1, 0.15) is 0 Å². The first-order valence-corrected chi connectivity index (χ1v) is 17.1. The monoisotopic (exact) mass is 669 g/mol. The average molecular weight is 670 g/mol. The highest BCUT2D eigenvalue weighted by molar-refractivity contribution is 6.42. The SMILES string of the molecule is [C-]#[N+]c1ccc2c3cc4c(c5c6c7ccc(C#N)cc7n7c8cc(C#N)ccc8c(cc5n4-c4ccccc4)c67)c4c5ccc([N+]#[C-])cc5n(c2c1)c34. The zero-order valence-corrected chi connectivity index (χ0v) is 27.6. The van der Waals surface area contributed by atoms with E-state index in [1.807, 2.05) is 60.7 Å². The number of hydrogen-bond donors (Lipinski definition) is 0. The number of nitriles is 2. The second kappa shape index (κ2) is 9.36. The van der Waals surface area contributed by atoms with E-state index in [-0.39, 0.29) is 0 Å². The molecule has 0 aliphatic carbocycles. The average Bonchev–Trinajstić information content (AvgIpc) is 3.99. The van der Waals surface area contributed by atoms with Crippen LogP contribution < -0.4 is 0 Å². The molecular weight excluding hydrogens is 651 g/mol. The lowest BCUT2D eigenvalue weighted by Crippen LogP contribution is -1.93. The van der Waals surface area contributed by atoms with E-state index in [1.54, 1.807) is 0 Å². The molecule has 0 bridgehead atoms. The first kappa shape index (κ1) is 27.7. The molecule has 0 atom stereocenters. The standard InChI is InChI=1S/C46H19N7/c1-49-26-10-14-30-34-21-40-44(42-32-15-11-27(50-2)19-38(32)53(46(34)42)37(30)18-26)43-39(51(40)28-6-4-3-5-7-28)20-33-29-12-8-24(22-47)16-35(29)52-36-17-25(23-48)9-13-31(36)41(43)45(33)52/h3-21H. The van der Waals surface area contributed by atoms with Gasteiger partial charge in [0.2, 0.25) is 0 Å². The Hall–Kier alpha value is -8.10. The largest absolute Gasteiger partial charge is 0.310 e. The van der Waals surface area contributed by atoms with Crippen LogP contribution in [0.5, 0.6) is 0 Å². The Morgan fingerprint density at radius 2 is 0.887 bits per heavy atom. The van der Waals surface area contributed by atoms with Crippen molar-refractivity contribution in [2.45, 2.75) is 0 Å². The molecule has 7 nitrogen and oxygen atoms in total. The minimum atomic E-state index is 0.555. The Balaban J connectivity index is 1.45.